The number of sulfone groups is 1. The first-order chi connectivity index (χ1) is 7.47. The van der Waals surface area contributed by atoms with Gasteiger partial charge in [-0.2, -0.15) is 5.10 Å². The highest BCUT2D eigenvalue weighted by molar-refractivity contribution is 7.90. The second-order valence-corrected chi connectivity index (χ2v) is 6.46. The van der Waals surface area contributed by atoms with E-state index in [0.29, 0.717) is 6.54 Å². The Morgan fingerprint density at radius 2 is 2.25 bits per heavy atom. The van der Waals surface area contributed by atoms with Crippen molar-refractivity contribution in [2.24, 2.45) is 0 Å². The fourth-order valence-electron chi connectivity index (χ4n) is 1.25. The first-order valence-electron chi connectivity index (χ1n) is 4.58. The number of hydrogen-bond acceptors (Lipinski definition) is 5. The average Bonchev–Trinajstić information content (AvgIpc) is 2.76. The molecule has 2 rings (SSSR count). The van der Waals surface area contributed by atoms with Gasteiger partial charge in [-0.15, -0.1) is 11.3 Å². The molecule has 0 aliphatic rings. The van der Waals surface area contributed by atoms with Crippen LogP contribution in [0.1, 0.15) is 10.6 Å². The highest BCUT2D eigenvalue weighted by Crippen LogP contribution is 2.14. The molecule has 0 spiro atoms. The maximum absolute atomic E-state index is 11.3. The Balaban J connectivity index is 2.25. The predicted molar refractivity (Wildman–Crippen MR) is 61.3 cm³/mol. The third kappa shape index (κ3) is 2.30. The van der Waals surface area contributed by atoms with Crippen LogP contribution in [0, 0.1) is 6.92 Å². The molecule has 0 amide bonds. The van der Waals surface area contributed by atoms with Crippen LogP contribution in [0.5, 0.6) is 0 Å². The molecule has 0 N–H and O–H groups in total. The van der Waals surface area contributed by atoms with E-state index >= 15 is 0 Å². The quantitative estimate of drug-likeness (QED) is 0.826. The van der Waals surface area contributed by atoms with Gasteiger partial charge in [-0.1, -0.05) is 0 Å². The normalized spacial score (nSPS) is 11.9. The van der Waals surface area contributed by atoms with Crippen LogP contribution in [-0.4, -0.2) is 29.4 Å². The van der Waals surface area contributed by atoms with Gasteiger partial charge < -0.3 is 0 Å². The van der Waals surface area contributed by atoms with Crippen molar-refractivity contribution >= 4 is 21.2 Å². The molecule has 2 heterocycles. The van der Waals surface area contributed by atoms with Crippen molar-refractivity contribution in [3.05, 3.63) is 28.5 Å². The Morgan fingerprint density at radius 3 is 2.75 bits per heavy atom. The smallest absolute Gasteiger partial charge is 0.178 e. The van der Waals surface area contributed by atoms with E-state index < -0.39 is 9.84 Å². The predicted octanol–water partition coefficient (Wildman–Crippen LogP) is 1.10. The molecule has 0 saturated heterocycles. The van der Waals surface area contributed by atoms with Crippen LogP contribution in [0.15, 0.2) is 22.8 Å². The van der Waals surface area contributed by atoms with Gasteiger partial charge in [0.25, 0.3) is 0 Å². The summed E-state index contributed by atoms with van der Waals surface area (Å²) < 4.78 is 24.1. The molecule has 0 bridgehead atoms. The topological polar surface area (TPSA) is 64.8 Å². The molecular weight excluding hydrogens is 246 g/mol. The van der Waals surface area contributed by atoms with Crippen molar-refractivity contribution in [2.75, 3.05) is 6.26 Å². The zero-order valence-corrected chi connectivity index (χ0v) is 10.5. The van der Waals surface area contributed by atoms with Crippen LogP contribution in [0.3, 0.4) is 0 Å². The van der Waals surface area contributed by atoms with Crippen LogP contribution in [0.2, 0.25) is 0 Å². The van der Waals surface area contributed by atoms with Gasteiger partial charge in [-0.3, -0.25) is 4.68 Å². The number of rotatable bonds is 3. The second-order valence-electron chi connectivity index (χ2n) is 3.51. The van der Waals surface area contributed by atoms with E-state index in [9.17, 15) is 8.42 Å². The van der Waals surface area contributed by atoms with Crippen LogP contribution in [0.4, 0.5) is 0 Å². The largest absolute Gasteiger partial charge is 0.266 e. The second kappa shape index (κ2) is 3.99. The minimum Gasteiger partial charge on any atom is -0.266 e. The molecule has 5 nitrogen and oxygen atoms in total. The molecule has 2 aromatic rings. The van der Waals surface area contributed by atoms with E-state index in [1.54, 1.807) is 10.2 Å². The van der Waals surface area contributed by atoms with Gasteiger partial charge >= 0.3 is 0 Å². The molecule has 0 atom stereocenters. The van der Waals surface area contributed by atoms with Gasteiger partial charge in [0.2, 0.25) is 0 Å². The Bertz CT molecular complexity index is 598. The first kappa shape index (κ1) is 11.3. The van der Waals surface area contributed by atoms with Gasteiger partial charge in [0, 0.05) is 17.3 Å². The molecule has 2 aromatic heterocycles. The molecule has 0 aliphatic carbocycles. The minimum absolute atomic E-state index is 0.245. The Labute approximate surface area is 97.7 Å². The Morgan fingerprint density at radius 1 is 1.50 bits per heavy atom. The Hall–Kier alpha value is -1.21. The number of aromatic nitrogens is 3. The summed E-state index contributed by atoms with van der Waals surface area (Å²) in [6, 6.07) is 0. The summed E-state index contributed by atoms with van der Waals surface area (Å²) in [6.45, 7) is 2.48. The van der Waals surface area contributed by atoms with Crippen molar-refractivity contribution in [1.29, 1.82) is 0 Å². The number of thiazole rings is 1. The molecule has 16 heavy (non-hydrogen) atoms. The van der Waals surface area contributed by atoms with E-state index in [1.807, 2.05) is 6.92 Å². The summed E-state index contributed by atoms with van der Waals surface area (Å²) >= 11 is 1.54. The van der Waals surface area contributed by atoms with E-state index in [4.69, 9.17) is 0 Å². The summed E-state index contributed by atoms with van der Waals surface area (Å²) in [5.74, 6) is 0. The Kier molecular flexibility index (Phi) is 2.81. The van der Waals surface area contributed by atoms with E-state index in [0.717, 1.165) is 10.6 Å². The van der Waals surface area contributed by atoms with Crippen molar-refractivity contribution in [3.63, 3.8) is 0 Å². The maximum atomic E-state index is 11.3. The molecule has 0 unspecified atom stereocenters. The molecule has 86 valence electrons. The number of nitrogens with zero attached hydrogens (tertiary/aromatic N) is 3. The molecule has 0 aromatic carbocycles. The summed E-state index contributed by atoms with van der Waals surface area (Å²) in [5.41, 5.74) is 2.73. The highest BCUT2D eigenvalue weighted by Gasteiger charge is 2.10. The van der Waals surface area contributed by atoms with Gasteiger partial charge in [-0.25, -0.2) is 13.4 Å². The molecule has 0 radical (unpaired) electrons. The van der Waals surface area contributed by atoms with Crippen molar-refractivity contribution in [2.45, 2.75) is 18.4 Å². The molecule has 0 fully saturated rings. The lowest BCUT2D eigenvalue weighted by Crippen LogP contribution is -2.00. The molecular formula is C9H11N3O2S2. The zero-order chi connectivity index (χ0) is 11.8. The van der Waals surface area contributed by atoms with E-state index in [1.165, 1.54) is 30.0 Å². The van der Waals surface area contributed by atoms with Crippen LogP contribution < -0.4 is 0 Å². The summed E-state index contributed by atoms with van der Waals surface area (Å²) in [7, 11) is -3.17. The van der Waals surface area contributed by atoms with Crippen molar-refractivity contribution in [3.8, 4) is 0 Å². The van der Waals surface area contributed by atoms with Crippen LogP contribution in [0.25, 0.3) is 0 Å². The number of aryl methyl sites for hydroxylation is 1. The van der Waals surface area contributed by atoms with Crippen LogP contribution in [-0.2, 0) is 16.4 Å². The summed E-state index contributed by atoms with van der Waals surface area (Å²) in [6.07, 6.45) is 4.08. The molecule has 0 saturated carbocycles. The zero-order valence-electron chi connectivity index (χ0n) is 8.91. The summed E-state index contributed by atoms with van der Waals surface area (Å²) in [4.78, 5) is 5.46. The SMILES string of the molecule is Cc1ncsc1Cn1cc(S(C)(=O)=O)cn1. The average molecular weight is 257 g/mol. The third-order valence-electron chi connectivity index (χ3n) is 2.19. The standard InChI is InChI=1S/C9H11N3O2S2/c1-7-9(15-6-10-7)5-12-4-8(3-11-12)16(2,13)14/h3-4,6H,5H2,1-2H3. The fourth-order valence-corrected chi connectivity index (χ4v) is 2.57. The van der Waals surface area contributed by atoms with Crippen molar-refractivity contribution in [1.82, 2.24) is 14.8 Å². The molecule has 7 heteroatoms. The highest BCUT2D eigenvalue weighted by atomic mass is 32.2. The monoisotopic (exact) mass is 257 g/mol. The van der Waals surface area contributed by atoms with Gasteiger partial charge in [0.1, 0.15) is 4.90 Å². The lowest BCUT2D eigenvalue weighted by Gasteiger charge is -1.98. The lowest BCUT2D eigenvalue weighted by atomic mass is 10.4. The fraction of sp³-hybridized carbons (Fsp3) is 0.333. The van der Waals surface area contributed by atoms with Gasteiger partial charge in [-0.05, 0) is 6.92 Å². The van der Waals surface area contributed by atoms with E-state index in [2.05, 4.69) is 10.1 Å². The van der Waals surface area contributed by atoms with Crippen LogP contribution >= 0.6 is 11.3 Å². The van der Waals surface area contributed by atoms with Crippen molar-refractivity contribution < 1.29 is 8.42 Å². The van der Waals surface area contributed by atoms with E-state index in [-0.39, 0.29) is 4.90 Å². The minimum atomic E-state index is -3.17. The first-order valence-corrected chi connectivity index (χ1v) is 7.35. The van der Waals surface area contributed by atoms with Gasteiger partial charge in [0.15, 0.2) is 9.84 Å². The lowest BCUT2D eigenvalue weighted by molar-refractivity contribution is 0.601. The van der Waals surface area contributed by atoms with Gasteiger partial charge in [0.05, 0.1) is 23.9 Å². The summed E-state index contributed by atoms with van der Waals surface area (Å²) in [5, 5.41) is 4.02. The third-order valence-corrected chi connectivity index (χ3v) is 4.18. The number of hydrogen-bond donors (Lipinski definition) is 0. The maximum Gasteiger partial charge on any atom is 0.178 e. The molecule has 0 aliphatic heterocycles.